The molecule has 0 spiro atoms. The summed E-state index contributed by atoms with van der Waals surface area (Å²) < 4.78 is 5.65. The number of aliphatic imine (C=N–C) groups is 1. The highest BCUT2D eigenvalue weighted by Gasteiger charge is 2.39. The first kappa shape index (κ1) is 19.0. The molecule has 0 bridgehead atoms. The first-order chi connectivity index (χ1) is 12.3. The van der Waals surface area contributed by atoms with Gasteiger partial charge in [0.05, 0.1) is 0 Å². The topological polar surface area (TPSA) is 48.9 Å². The summed E-state index contributed by atoms with van der Waals surface area (Å²) in [4.78, 5) is 7.15. The Morgan fingerprint density at radius 3 is 2.48 bits per heavy atom. The van der Waals surface area contributed by atoms with Crippen molar-refractivity contribution in [2.75, 3.05) is 46.4 Å². The van der Waals surface area contributed by atoms with Crippen LogP contribution in [0.4, 0.5) is 0 Å². The summed E-state index contributed by atoms with van der Waals surface area (Å²) in [5, 5.41) is 7.16. The van der Waals surface area contributed by atoms with Crippen molar-refractivity contribution in [1.82, 2.24) is 15.5 Å². The van der Waals surface area contributed by atoms with Crippen LogP contribution >= 0.6 is 0 Å². The zero-order valence-electron chi connectivity index (χ0n) is 16.2. The molecule has 3 fully saturated rings. The maximum absolute atomic E-state index is 5.65. The van der Waals surface area contributed by atoms with Gasteiger partial charge in [-0.25, -0.2) is 0 Å². The van der Waals surface area contributed by atoms with Gasteiger partial charge in [-0.1, -0.05) is 25.7 Å². The number of nitrogens with one attached hydrogen (secondary N) is 2. The van der Waals surface area contributed by atoms with E-state index in [1.807, 2.05) is 7.05 Å². The molecule has 2 N–H and O–H groups in total. The van der Waals surface area contributed by atoms with E-state index in [1.54, 1.807) is 0 Å². The van der Waals surface area contributed by atoms with Gasteiger partial charge in [0.25, 0.3) is 0 Å². The molecule has 2 saturated heterocycles. The minimum absolute atomic E-state index is 0.260. The number of guanidine groups is 1. The van der Waals surface area contributed by atoms with Crippen molar-refractivity contribution in [3.8, 4) is 0 Å². The van der Waals surface area contributed by atoms with Gasteiger partial charge in [-0.05, 0) is 57.5 Å². The average molecular weight is 351 g/mol. The van der Waals surface area contributed by atoms with Crippen LogP contribution in [0.2, 0.25) is 0 Å². The first-order valence-corrected chi connectivity index (χ1v) is 10.6. The minimum Gasteiger partial charge on any atom is -0.381 e. The second kappa shape index (κ2) is 9.77. The lowest BCUT2D eigenvalue weighted by molar-refractivity contribution is -0.0164. The molecule has 1 aliphatic carbocycles. The van der Waals surface area contributed by atoms with E-state index in [4.69, 9.17) is 4.74 Å². The summed E-state index contributed by atoms with van der Waals surface area (Å²) in [5.74, 6) is 1.95. The lowest BCUT2D eigenvalue weighted by Gasteiger charge is -2.45. The number of hydrogen-bond acceptors (Lipinski definition) is 3. The number of nitrogens with zero attached hydrogens (tertiary/aromatic N) is 2. The van der Waals surface area contributed by atoms with Crippen molar-refractivity contribution in [2.45, 2.75) is 69.7 Å². The van der Waals surface area contributed by atoms with Crippen LogP contribution in [0.5, 0.6) is 0 Å². The molecule has 3 aliphatic rings. The highest BCUT2D eigenvalue weighted by Crippen LogP contribution is 2.31. The van der Waals surface area contributed by atoms with Crippen LogP contribution in [0.15, 0.2) is 4.99 Å². The maximum atomic E-state index is 5.65. The van der Waals surface area contributed by atoms with E-state index in [9.17, 15) is 0 Å². The standard InChI is InChI=1S/C20H38N4O/c1-21-19(22-12-6-9-18-7-2-3-8-18)23-17-20(10-15-25-16-11-20)24-13-4-5-14-24/h18H,2-17H2,1H3,(H2,21,22,23). The summed E-state index contributed by atoms with van der Waals surface area (Å²) in [6.45, 7) is 6.30. The fourth-order valence-electron chi connectivity index (χ4n) is 4.91. The Morgan fingerprint density at radius 1 is 1.08 bits per heavy atom. The highest BCUT2D eigenvalue weighted by molar-refractivity contribution is 5.79. The van der Waals surface area contributed by atoms with Gasteiger partial charge in [-0.2, -0.15) is 0 Å². The van der Waals surface area contributed by atoms with Crippen molar-refractivity contribution in [1.29, 1.82) is 0 Å². The van der Waals surface area contributed by atoms with E-state index >= 15 is 0 Å². The van der Waals surface area contributed by atoms with Crippen molar-refractivity contribution >= 4 is 5.96 Å². The van der Waals surface area contributed by atoms with Crippen LogP contribution in [0.3, 0.4) is 0 Å². The molecule has 0 atom stereocenters. The molecule has 25 heavy (non-hydrogen) atoms. The normalized spacial score (nSPS) is 25.4. The molecule has 2 aliphatic heterocycles. The van der Waals surface area contributed by atoms with Gasteiger partial charge < -0.3 is 15.4 Å². The molecule has 5 nitrogen and oxygen atoms in total. The van der Waals surface area contributed by atoms with E-state index in [0.717, 1.165) is 51.0 Å². The second-order valence-electron chi connectivity index (χ2n) is 8.18. The maximum Gasteiger partial charge on any atom is 0.191 e. The summed E-state index contributed by atoms with van der Waals surface area (Å²) in [7, 11) is 1.89. The van der Waals surface area contributed by atoms with Crippen LogP contribution in [0.1, 0.15) is 64.2 Å². The fraction of sp³-hybridized carbons (Fsp3) is 0.950. The van der Waals surface area contributed by atoms with E-state index < -0.39 is 0 Å². The molecule has 5 heteroatoms. The molecule has 0 aromatic carbocycles. The third-order valence-electron chi connectivity index (χ3n) is 6.57. The van der Waals surface area contributed by atoms with Crippen molar-refractivity contribution in [3.05, 3.63) is 0 Å². The average Bonchev–Trinajstić information content (AvgIpc) is 3.36. The summed E-state index contributed by atoms with van der Waals surface area (Å²) in [6.07, 6.45) is 13.4. The lowest BCUT2D eigenvalue weighted by atomic mass is 9.88. The number of rotatable bonds is 7. The molecular weight excluding hydrogens is 312 g/mol. The fourth-order valence-corrected chi connectivity index (χ4v) is 4.91. The Hall–Kier alpha value is -0.810. The monoisotopic (exact) mass is 350 g/mol. The zero-order chi connectivity index (χ0) is 17.4. The minimum atomic E-state index is 0.260. The third kappa shape index (κ3) is 5.33. The SMILES string of the molecule is CN=C(NCCCC1CCCC1)NCC1(N2CCCC2)CCOCC1. The molecule has 1 saturated carbocycles. The lowest BCUT2D eigenvalue weighted by Crippen LogP contribution is -2.58. The highest BCUT2D eigenvalue weighted by atomic mass is 16.5. The molecule has 0 unspecified atom stereocenters. The number of likely N-dealkylation sites (tertiary alicyclic amines) is 1. The number of ether oxygens (including phenoxy) is 1. The summed E-state index contributed by atoms with van der Waals surface area (Å²) in [6, 6.07) is 0. The van der Waals surface area contributed by atoms with Gasteiger partial charge in [-0.15, -0.1) is 0 Å². The molecule has 144 valence electrons. The van der Waals surface area contributed by atoms with Gasteiger partial charge in [0.2, 0.25) is 0 Å². The van der Waals surface area contributed by atoms with Crippen molar-refractivity contribution in [2.24, 2.45) is 10.9 Å². The molecule has 3 rings (SSSR count). The molecule has 2 heterocycles. The largest absolute Gasteiger partial charge is 0.381 e. The Kier molecular flexibility index (Phi) is 7.41. The Morgan fingerprint density at radius 2 is 1.80 bits per heavy atom. The van der Waals surface area contributed by atoms with Crippen LogP contribution in [-0.4, -0.2) is 62.8 Å². The summed E-state index contributed by atoms with van der Waals surface area (Å²) >= 11 is 0. The van der Waals surface area contributed by atoms with Gasteiger partial charge >= 0.3 is 0 Å². The number of hydrogen-bond donors (Lipinski definition) is 2. The van der Waals surface area contributed by atoms with Crippen LogP contribution < -0.4 is 10.6 Å². The van der Waals surface area contributed by atoms with E-state index in [1.165, 1.54) is 64.5 Å². The second-order valence-corrected chi connectivity index (χ2v) is 8.18. The van der Waals surface area contributed by atoms with E-state index in [0.29, 0.717) is 0 Å². The Balaban J connectivity index is 1.42. The smallest absolute Gasteiger partial charge is 0.191 e. The quantitative estimate of drug-likeness (QED) is 0.421. The molecule has 0 aromatic heterocycles. The van der Waals surface area contributed by atoms with Gasteiger partial charge in [0.15, 0.2) is 5.96 Å². The Labute approximate surface area is 154 Å². The van der Waals surface area contributed by atoms with E-state index in [-0.39, 0.29) is 5.54 Å². The molecule has 0 amide bonds. The predicted molar refractivity (Wildman–Crippen MR) is 104 cm³/mol. The zero-order valence-corrected chi connectivity index (χ0v) is 16.2. The van der Waals surface area contributed by atoms with Crippen molar-refractivity contribution in [3.63, 3.8) is 0 Å². The van der Waals surface area contributed by atoms with Crippen LogP contribution in [0.25, 0.3) is 0 Å². The Bertz CT molecular complexity index is 408. The van der Waals surface area contributed by atoms with Crippen molar-refractivity contribution < 1.29 is 4.74 Å². The third-order valence-corrected chi connectivity index (χ3v) is 6.57. The molecule has 0 aromatic rings. The first-order valence-electron chi connectivity index (χ1n) is 10.6. The molecule has 0 radical (unpaired) electrons. The van der Waals surface area contributed by atoms with Gasteiger partial charge in [-0.3, -0.25) is 9.89 Å². The molecular formula is C20H38N4O. The van der Waals surface area contributed by atoms with E-state index in [2.05, 4.69) is 20.5 Å². The summed E-state index contributed by atoms with van der Waals surface area (Å²) in [5.41, 5.74) is 0.260. The van der Waals surface area contributed by atoms with Gasteiger partial charge in [0.1, 0.15) is 0 Å². The van der Waals surface area contributed by atoms with Crippen LogP contribution in [0, 0.1) is 5.92 Å². The predicted octanol–water partition coefficient (Wildman–Crippen LogP) is 2.77. The van der Waals surface area contributed by atoms with Crippen LogP contribution in [-0.2, 0) is 4.74 Å². The van der Waals surface area contributed by atoms with Gasteiger partial charge in [0, 0.05) is 38.9 Å².